The number of hydrogen-bond acceptors (Lipinski definition) is 4. The summed E-state index contributed by atoms with van der Waals surface area (Å²) < 4.78 is 10.4. The van der Waals surface area contributed by atoms with Gasteiger partial charge in [0.1, 0.15) is 17.2 Å². The topological polar surface area (TPSA) is 64.4 Å². The van der Waals surface area contributed by atoms with Gasteiger partial charge in [0, 0.05) is 6.07 Å². The van der Waals surface area contributed by atoms with Crippen molar-refractivity contribution in [3.8, 4) is 5.75 Å². The molecule has 0 saturated carbocycles. The number of carbonyl (C=O) groups excluding carboxylic acids is 1. The molecule has 1 N–H and O–H groups in total. The molecule has 22 heavy (non-hydrogen) atoms. The summed E-state index contributed by atoms with van der Waals surface area (Å²) in [4.78, 5) is 11.8. The van der Waals surface area contributed by atoms with E-state index in [9.17, 15) is 4.79 Å². The number of benzene rings is 2. The highest BCUT2D eigenvalue weighted by atomic mass is 16.5. The van der Waals surface area contributed by atoms with Crippen LogP contribution in [0.1, 0.15) is 11.5 Å². The molecule has 1 aromatic heterocycles. The summed E-state index contributed by atoms with van der Waals surface area (Å²) in [5.41, 5.74) is 0.691. The lowest BCUT2D eigenvalue weighted by molar-refractivity contribution is -0.123. The van der Waals surface area contributed by atoms with Gasteiger partial charge in [0.05, 0.1) is 6.54 Å². The van der Waals surface area contributed by atoms with Gasteiger partial charge in [0.15, 0.2) is 6.61 Å². The Balaban J connectivity index is 1.53. The highest BCUT2D eigenvalue weighted by Gasteiger charge is 2.06. The number of aryl methyl sites for hydroxylation is 1. The second-order valence-corrected chi connectivity index (χ2v) is 5.00. The van der Waals surface area contributed by atoms with Crippen LogP contribution in [0, 0.1) is 6.92 Å². The molecule has 0 atom stereocenters. The molecule has 5 nitrogen and oxygen atoms in total. The van der Waals surface area contributed by atoms with Crippen LogP contribution in [0.2, 0.25) is 0 Å². The van der Waals surface area contributed by atoms with E-state index in [1.54, 1.807) is 13.0 Å². The van der Waals surface area contributed by atoms with Crippen LogP contribution in [-0.4, -0.2) is 17.7 Å². The summed E-state index contributed by atoms with van der Waals surface area (Å²) >= 11 is 0. The predicted molar refractivity (Wildman–Crippen MR) is 82.5 cm³/mol. The third-order valence-electron chi connectivity index (χ3n) is 3.23. The molecule has 0 bridgehead atoms. The maximum atomic E-state index is 11.8. The molecule has 1 heterocycles. The maximum absolute atomic E-state index is 11.8. The van der Waals surface area contributed by atoms with E-state index in [0.29, 0.717) is 18.0 Å². The first-order valence-electron chi connectivity index (χ1n) is 7.01. The highest BCUT2D eigenvalue weighted by molar-refractivity contribution is 5.84. The first-order chi connectivity index (χ1) is 10.7. The number of rotatable bonds is 5. The van der Waals surface area contributed by atoms with Crippen molar-refractivity contribution in [3.63, 3.8) is 0 Å². The van der Waals surface area contributed by atoms with Crippen molar-refractivity contribution in [1.29, 1.82) is 0 Å². The predicted octanol–water partition coefficient (Wildman–Crippen LogP) is 2.83. The summed E-state index contributed by atoms with van der Waals surface area (Å²) in [7, 11) is 0. The number of nitrogens with zero attached hydrogens (tertiary/aromatic N) is 1. The summed E-state index contributed by atoms with van der Waals surface area (Å²) in [6.45, 7) is 2.10. The molecule has 2 aromatic carbocycles. The van der Waals surface area contributed by atoms with Crippen LogP contribution >= 0.6 is 0 Å². The number of aromatic nitrogens is 1. The number of ether oxygens (including phenoxy) is 1. The Bertz CT molecular complexity index is 795. The van der Waals surface area contributed by atoms with Gasteiger partial charge < -0.3 is 14.6 Å². The van der Waals surface area contributed by atoms with Crippen LogP contribution in [0.5, 0.6) is 5.75 Å². The van der Waals surface area contributed by atoms with Crippen molar-refractivity contribution in [3.05, 3.63) is 60.0 Å². The zero-order valence-corrected chi connectivity index (χ0v) is 12.2. The standard InChI is InChI=1S/C17H16N2O3/c1-12-8-15(19-22-12)10-18-17(20)11-21-16-7-6-13-4-2-3-5-14(13)9-16/h2-9H,10-11H2,1H3,(H,18,20). The first kappa shape index (κ1) is 14.1. The fourth-order valence-corrected chi connectivity index (χ4v) is 2.15. The number of amides is 1. The molecule has 0 aliphatic carbocycles. The molecule has 0 radical (unpaired) electrons. The molecule has 112 valence electrons. The van der Waals surface area contributed by atoms with E-state index in [1.807, 2.05) is 42.5 Å². The van der Waals surface area contributed by atoms with Gasteiger partial charge in [-0.2, -0.15) is 0 Å². The second kappa shape index (κ2) is 6.30. The van der Waals surface area contributed by atoms with E-state index in [4.69, 9.17) is 9.26 Å². The minimum Gasteiger partial charge on any atom is -0.484 e. The minimum absolute atomic E-state index is 0.0326. The molecule has 0 aliphatic rings. The zero-order chi connectivity index (χ0) is 15.4. The average molecular weight is 296 g/mol. The Kier molecular flexibility index (Phi) is 4.05. The van der Waals surface area contributed by atoms with Crippen molar-refractivity contribution >= 4 is 16.7 Å². The highest BCUT2D eigenvalue weighted by Crippen LogP contribution is 2.20. The number of hydrogen-bond donors (Lipinski definition) is 1. The molecular weight excluding hydrogens is 280 g/mol. The Morgan fingerprint density at radius 3 is 2.77 bits per heavy atom. The molecule has 1 amide bonds. The van der Waals surface area contributed by atoms with Gasteiger partial charge in [0.25, 0.3) is 5.91 Å². The molecule has 0 spiro atoms. The quantitative estimate of drug-likeness (QED) is 0.786. The van der Waals surface area contributed by atoms with Crippen molar-refractivity contribution in [2.75, 3.05) is 6.61 Å². The van der Waals surface area contributed by atoms with E-state index in [-0.39, 0.29) is 12.5 Å². The van der Waals surface area contributed by atoms with Crippen molar-refractivity contribution in [1.82, 2.24) is 10.5 Å². The summed E-state index contributed by atoms with van der Waals surface area (Å²) in [6.07, 6.45) is 0. The van der Waals surface area contributed by atoms with Crippen molar-refractivity contribution in [2.45, 2.75) is 13.5 Å². The molecule has 0 aliphatic heterocycles. The Labute approximate surface area is 127 Å². The number of carbonyl (C=O) groups is 1. The lowest BCUT2D eigenvalue weighted by Gasteiger charge is -2.07. The minimum atomic E-state index is -0.200. The zero-order valence-electron chi connectivity index (χ0n) is 12.2. The molecule has 0 unspecified atom stereocenters. The average Bonchev–Trinajstić information content (AvgIpc) is 2.96. The van der Waals surface area contributed by atoms with E-state index in [2.05, 4.69) is 10.5 Å². The molecule has 0 fully saturated rings. The van der Waals surface area contributed by atoms with Crippen LogP contribution in [0.4, 0.5) is 0 Å². The van der Waals surface area contributed by atoms with Gasteiger partial charge in [-0.1, -0.05) is 35.5 Å². The molecule has 0 saturated heterocycles. The first-order valence-corrected chi connectivity index (χ1v) is 7.01. The van der Waals surface area contributed by atoms with Crippen LogP contribution in [0.15, 0.2) is 53.1 Å². The molecule has 3 aromatic rings. The lowest BCUT2D eigenvalue weighted by Crippen LogP contribution is -2.28. The molecular formula is C17H16N2O3. The van der Waals surface area contributed by atoms with Crippen LogP contribution in [-0.2, 0) is 11.3 Å². The largest absolute Gasteiger partial charge is 0.484 e. The van der Waals surface area contributed by atoms with E-state index in [0.717, 1.165) is 16.5 Å². The van der Waals surface area contributed by atoms with E-state index < -0.39 is 0 Å². The fraction of sp³-hybridized carbons (Fsp3) is 0.176. The third kappa shape index (κ3) is 3.44. The van der Waals surface area contributed by atoms with Gasteiger partial charge in [0.2, 0.25) is 0 Å². The van der Waals surface area contributed by atoms with Crippen molar-refractivity contribution in [2.24, 2.45) is 0 Å². The van der Waals surface area contributed by atoms with Gasteiger partial charge in [-0.05, 0) is 29.8 Å². The lowest BCUT2D eigenvalue weighted by atomic mass is 10.1. The smallest absolute Gasteiger partial charge is 0.258 e. The number of nitrogens with one attached hydrogen (secondary N) is 1. The fourth-order valence-electron chi connectivity index (χ4n) is 2.15. The van der Waals surface area contributed by atoms with E-state index >= 15 is 0 Å². The normalized spacial score (nSPS) is 10.6. The Hall–Kier alpha value is -2.82. The van der Waals surface area contributed by atoms with Gasteiger partial charge in [-0.15, -0.1) is 0 Å². The van der Waals surface area contributed by atoms with E-state index in [1.165, 1.54) is 0 Å². The second-order valence-electron chi connectivity index (χ2n) is 5.00. The van der Waals surface area contributed by atoms with Gasteiger partial charge in [-0.25, -0.2) is 0 Å². The van der Waals surface area contributed by atoms with Gasteiger partial charge in [-0.3, -0.25) is 4.79 Å². The summed E-state index contributed by atoms with van der Waals surface area (Å²) in [6, 6.07) is 15.5. The van der Waals surface area contributed by atoms with Crippen LogP contribution in [0.25, 0.3) is 10.8 Å². The summed E-state index contributed by atoms with van der Waals surface area (Å²) in [5.74, 6) is 1.19. The van der Waals surface area contributed by atoms with Crippen molar-refractivity contribution < 1.29 is 14.1 Å². The van der Waals surface area contributed by atoms with Crippen LogP contribution < -0.4 is 10.1 Å². The Morgan fingerprint density at radius 2 is 2.00 bits per heavy atom. The Morgan fingerprint density at radius 1 is 1.18 bits per heavy atom. The van der Waals surface area contributed by atoms with Crippen LogP contribution in [0.3, 0.4) is 0 Å². The monoisotopic (exact) mass is 296 g/mol. The molecule has 3 rings (SSSR count). The SMILES string of the molecule is Cc1cc(CNC(=O)COc2ccc3ccccc3c2)no1. The summed E-state index contributed by atoms with van der Waals surface area (Å²) in [5, 5.41) is 8.76. The number of fused-ring (bicyclic) bond motifs is 1. The third-order valence-corrected chi connectivity index (χ3v) is 3.23. The maximum Gasteiger partial charge on any atom is 0.258 e. The van der Waals surface area contributed by atoms with Gasteiger partial charge >= 0.3 is 0 Å². The molecule has 5 heteroatoms.